The van der Waals surface area contributed by atoms with Gasteiger partial charge >= 0.3 is 39.5 Å². The fourth-order valence-corrected chi connectivity index (χ4v) is 13.9. The first-order valence-electron chi connectivity index (χ1n) is 41.4. The molecule has 0 saturated heterocycles. The number of carbonyl (C=O) groups is 4. The Hall–Kier alpha value is -1.94. The summed E-state index contributed by atoms with van der Waals surface area (Å²) in [6.45, 7) is 11.9. The van der Waals surface area contributed by atoms with E-state index in [1.165, 1.54) is 225 Å². The summed E-state index contributed by atoms with van der Waals surface area (Å²) >= 11 is 0. The van der Waals surface area contributed by atoms with Gasteiger partial charge in [-0.2, -0.15) is 0 Å². The van der Waals surface area contributed by atoms with Crippen LogP contribution in [0.3, 0.4) is 0 Å². The minimum atomic E-state index is -4.96. The van der Waals surface area contributed by atoms with E-state index in [9.17, 15) is 43.2 Å². The van der Waals surface area contributed by atoms with Crippen LogP contribution in [0.4, 0.5) is 0 Å². The van der Waals surface area contributed by atoms with Crippen LogP contribution in [0.1, 0.15) is 414 Å². The zero-order valence-electron chi connectivity index (χ0n) is 65.0. The van der Waals surface area contributed by atoms with Crippen LogP contribution in [0, 0.1) is 17.8 Å². The molecule has 0 radical (unpaired) electrons. The predicted octanol–water partition coefficient (Wildman–Crippen LogP) is 23.7. The Morgan fingerprint density at radius 3 is 0.768 bits per heavy atom. The van der Waals surface area contributed by atoms with Gasteiger partial charge in [-0.15, -0.1) is 0 Å². The standard InChI is InChI=1S/C80H156O17P2/c1-8-10-11-12-13-32-39-47-54-61-77(82)90-68-76(97-80(85)64-57-50-43-42-45-52-59-72(5)6)70-95-99(88,89)93-66-74(81)65-92-98(86,87)94-69-75(67-91-78(83)62-55-48-40-35-30-26-22-19-18-20-24-28-33-37-44-51-58-71(3)4)96-79(84)63-56-49-41-36-31-27-23-17-15-14-16-21-25-29-34-38-46-53-60-73(7)9-2/h71-76,81H,8-70H2,1-7H3,(H,86,87)(H,88,89)/t73?,74-,75-,76-/m1/s1. The zero-order chi connectivity index (χ0) is 73.0. The number of rotatable bonds is 78. The molecule has 17 nitrogen and oxygen atoms in total. The highest BCUT2D eigenvalue weighted by atomic mass is 31.2. The molecule has 0 aliphatic heterocycles. The topological polar surface area (TPSA) is 237 Å². The lowest BCUT2D eigenvalue weighted by molar-refractivity contribution is -0.161. The van der Waals surface area contributed by atoms with E-state index in [1.54, 1.807) is 0 Å². The summed E-state index contributed by atoms with van der Waals surface area (Å²) in [7, 11) is -9.91. The third-order valence-electron chi connectivity index (χ3n) is 19.0. The van der Waals surface area contributed by atoms with Crippen LogP contribution < -0.4 is 0 Å². The lowest BCUT2D eigenvalue weighted by Gasteiger charge is -2.21. The third kappa shape index (κ3) is 72.8. The van der Waals surface area contributed by atoms with E-state index in [-0.39, 0.29) is 25.7 Å². The summed E-state index contributed by atoms with van der Waals surface area (Å²) in [6, 6.07) is 0. The Morgan fingerprint density at radius 2 is 0.515 bits per heavy atom. The van der Waals surface area contributed by atoms with Crippen molar-refractivity contribution >= 4 is 39.5 Å². The molecule has 0 aromatic heterocycles. The third-order valence-corrected chi connectivity index (χ3v) is 20.9. The minimum Gasteiger partial charge on any atom is -0.462 e. The first-order chi connectivity index (χ1) is 47.8. The molecule has 0 rings (SSSR count). The van der Waals surface area contributed by atoms with Crippen LogP contribution in [0.25, 0.3) is 0 Å². The fourth-order valence-electron chi connectivity index (χ4n) is 12.3. The van der Waals surface area contributed by atoms with Crippen molar-refractivity contribution in [1.29, 1.82) is 0 Å². The summed E-state index contributed by atoms with van der Waals surface area (Å²) in [5.74, 6) is 0.234. The van der Waals surface area contributed by atoms with E-state index in [1.807, 2.05) is 0 Å². The highest BCUT2D eigenvalue weighted by molar-refractivity contribution is 7.47. The smallest absolute Gasteiger partial charge is 0.462 e. The van der Waals surface area contributed by atoms with Gasteiger partial charge in [0.1, 0.15) is 19.3 Å². The van der Waals surface area contributed by atoms with Crippen molar-refractivity contribution in [2.75, 3.05) is 39.6 Å². The molecule has 0 aliphatic rings. The van der Waals surface area contributed by atoms with Gasteiger partial charge in [0.25, 0.3) is 0 Å². The highest BCUT2D eigenvalue weighted by Crippen LogP contribution is 2.45. The van der Waals surface area contributed by atoms with Crippen molar-refractivity contribution in [1.82, 2.24) is 0 Å². The normalized spacial score (nSPS) is 14.3. The monoisotopic (exact) mass is 1450 g/mol. The molecule has 588 valence electrons. The largest absolute Gasteiger partial charge is 0.472 e. The Bertz CT molecular complexity index is 1920. The van der Waals surface area contributed by atoms with Crippen LogP contribution in [-0.2, 0) is 65.4 Å². The molecule has 6 atom stereocenters. The molecule has 3 unspecified atom stereocenters. The molecule has 0 heterocycles. The first kappa shape index (κ1) is 97.1. The number of esters is 4. The van der Waals surface area contributed by atoms with Crippen molar-refractivity contribution in [3.05, 3.63) is 0 Å². The van der Waals surface area contributed by atoms with Crippen molar-refractivity contribution in [3.8, 4) is 0 Å². The molecule has 0 aliphatic carbocycles. The second-order valence-electron chi connectivity index (χ2n) is 30.0. The summed E-state index contributed by atoms with van der Waals surface area (Å²) in [5.41, 5.74) is 0. The van der Waals surface area contributed by atoms with Crippen LogP contribution >= 0.6 is 15.6 Å². The molecule has 0 spiro atoms. The fraction of sp³-hybridized carbons (Fsp3) is 0.950. The van der Waals surface area contributed by atoms with E-state index >= 15 is 0 Å². The van der Waals surface area contributed by atoms with Gasteiger partial charge in [0, 0.05) is 25.7 Å². The molecule has 99 heavy (non-hydrogen) atoms. The summed E-state index contributed by atoms with van der Waals surface area (Å²) in [4.78, 5) is 72.8. The highest BCUT2D eigenvalue weighted by Gasteiger charge is 2.30. The van der Waals surface area contributed by atoms with Gasteiger partial charge in [-0.1, -0.05) is 363 Å². The SMILES string of the molecule is CCCCCCCCCCCC(=O)OC[C@H](COP(=O)(O)OC[C@H](O)COP(=O)(O)OC[C@@H](COC(=O)CCCCCCCCCCCCCCCCCCC(C)C)OC(=O)CCCCCCCCCCCCCCCCCCCCC(C)CC)OC(=O)CCCCCCCCC(C)C. The number of phosphoric ester groups is 2. The van der Waals surface area contributed by atoms with Gasteiger partial charge in [-0.25, -0.2) is 9.13 Å². The molecule has 19 heteroatoms. The van der Waals surface area contributed by atoms with Crippen LogP contribution in [0.15, 0.2) is 0 Å². The summed E-state index contributed by atoms with van der Waals surface area (Å²) < 4.78 is 68.5. The molecule has 0 bridgehead atoms. The second-order valence-corrected chi connectivity index (χ2v) is 32.9. The van der Waals surface area contributed by atoms with Gasteiger partial charge in [0.15, 0.2) is 12.2 Å². The first-order valence-corrected chi connectivity index (χ1v) is 44.4. The molecule has 3 N–H and O–H groups in total. The van der Waals surface area contributed by atoms with Crippen molar-refractivity contribution in [2.45, 2.75) is 433 Å². The number of aliphatic hydroxyl groups excluding tert-OH is 1. The lowest BCUT2D eigenvalue weighted by Crippen LogP contribution is -2.30. The maximum Gasteiger partial charge on any atom is 0.472 e. The van der Waals surface area contributed by atoms with E-state index in [2.05, 4.69) is 48.5 Å². The Morgan fingerprint density at radius 1 is 0.293 bits per heavy atom. The molecule has 0 amide bonds. The van der Waals surface area contributed by atoms with Crippen molar-refractivity contribution in [3.63, 3.8) is 0 Å². The molecule has 0 aromatic carbocycles. The van der Waals surface area contributed by atoms with E-state index < -0.39 is 97.5 Å². The number of ether oxygens (including phenoxy) is 4. The Labute approximate surface area is 607 Å². The Kier molecular flexibility index (Phi) is 69.0. The zero-order valence-corrected chi connectivity index (χ0v) is 66.8. The van der Waals surface area contributed by atoms with Gasteiger partial charge in [0.2, 0.25) is 0 Å². The number of phosphoric acid groups is 2. The number of hydrogen-bond acceptors (Lipinski definition) is 15. The van der Waals surface area contributed by atoms with Gasteiger partial charge in [-0.05, 0) is 43.4 Å². The summed E-state index contributed by atoms with van der Waals surface area (Å²) in [6.07, 6.45) is 58.6. The maximum atomic E-state index is 13.1. The minimum absolute atomic E-state index is 0.102. The Balaban J connectivity index is 5.16. The predicted molar refractivity (Wildman–Crippen MR) is 405 cm³/mol. The molecular formula is C80H156O17P2. The van der Waals surface area contributed by atoms with Gasteiger partial charge < -0.3 is 33.8 Å². The van der Waals surface area contributed by atoms with Gasteiger partial charge in [-0.3, -0.25) is 37.3 Å². The van der Waals surface area contributed by atoms with Crippen molar-refractivity contribution in [2.24, 2.45) is 17.8 Å². The van der Waals surface area contributed by atoms with E-state index in [0.717, 1.165) is 102 Å². The number of carbonyl (C=O) groups excluding carboxylic acids is 4. The van der Waals surface area contributed by atoms with E-state index in [0.29, 0.717) is 31.6 Å². The average molecular weight is 1450 g/mol. The molecule has 0 saturated carbocycles. The van der Waals surface area contributed by atoms with E-state index in [4.69, 9.17) is 37.0 Å². The maximum absolute atomic E-state index is 13.1. The van der Waals surface area contributed by atoms with Crippen molar-refractivity contribution < 1.29 is 80.2 Å². The van der Waals surface area contributed by atoms with Crippen LogP contribution in [0.2, 0.25) is 0 Å². The molecular weight excluding hydrogens is 1290 g/mol. The average Bonchev–Trinajstić information content (AvgIpc) is 1.12. The van der Waals surface area contributed by atoms with Gasteiger partial charge in [0.05, 0.1) is 26.4 Å². The molecule has 0 aromatic rings. The number of aliphatic hydroxyl groups is 1. The molecule has 0 fully saturated rings. The number of unbranched alkanes of at least 4 members (excludes halogenated alkanes) is 45. The van der Waals surface area contributed by atoms with Crippen LogP contribution in [-0.4, -0.2) is 96.7 Å². The lowest BCUT2D eigenvalue weighted by atomic mass is 9.99. The summed E-state index contributed by atoms with van der Waals surface area (Å²) in [5, 5.41) is 10.6. The van der Waals surface area contributed by atoms with Crippen LogP contribution in [0.5, 0.6) is 0 Å². The number of hydrogen-bond donors (Lipinski definition) is 3. The second kappa shape index (κ2) is 70.4. The quantitative estimate of drug-likeness (QED) is 0.0222.